The van der Waals surface area contributed by atoms with Crippen molar-refractivity contribution in [2.75, 3.05) is 7.11 Å². The number of aliphatic hydroxyl groups is 1. The van der Waals surface area contributed by atoms with E-state index < -0.39 is 12.0 Å². The molecular formula is C15H16Cl2N2O3. The van der Waals surface area contributed by atoms with Crippen molar-refractivity contribution in [1.82, 2.24) is 9.88 Å². The topological polar surface area (TPSA) is 63.5 Å². The Kier molecular flexibility index (Phi) is 5.34. The van der Waals surface area contributed by atoms with E-state index in [1.165, 1.54) is 7.11 Å². The number of ether oxygens (including phenoxy) is 1. The van der Waals surface area contributed by atoms with Crippen molar-refractivity contribution in [2.45, 2.75) is 12.6 Å². The molecule has 2 N–H and O–H groups in total. The third kappa shape index (κ3) is 3.55. The first-order valence-corrected chi connectivity index (χ1v) is 7.29. The molecular weight excluding hydrogens is 327 g/mol. The Bertz CT molecular complexity index is 685. The molecule has 7 heteroatoms. The Balaban J connectivity index is 2.03. The zero-order valence-corrected chi connectivity index (χ0v) is 13.6. The predicted octanol–water partition coefficient (Wildman–Crippen LogP) is 2.69. The van der Waals surface area contributed by atoms with Crippen LogP contribution < -0.4 is 10.1 Å². The smallest absolute Gasteiger partial charge is 0.253 e. The van der Waals surface area contributed by atoms with Gasteiger partial charge in [0.2, 0.25) is 0 Å². The number of hydrogen-bond acceptors (Lipinski definition) is 3. The van der Waals surface area contributed by atoms with Gasteiger partial charge < -0.3 is 19.7 Å². The fourth-order valence-electron chi connectivity index (χ4n) is 2.00. The van der Waals surface area contributed by atoms with Crippen molar-refractivity contribution in [1.29, 1.82) is 0 Å². The molecule has 0 saturated heterocycles. The summed E-state index contributed by atoms with van der Waals surface area (Å²) in [7, 11) is 3.27. The van der Waals surface area contributed by atoms with Crippen LogP contribution in [0.15, 0.2) is 30.3 Å². The van der Waals surface area contributed by atoms with Crippen LogP contribution in [0.1, 0.15) is 17.4 Å². The monoisotopic (exact) mass is 342 g/mol. The van der Waals surface area contributed by atoms with E-state index in [0.717, 1.165) is 5.69 Å². The van der Waals surface area contributed by atoms with Gasteiger partial charge in [0.1, 0.15) is 10.9 Å². The molecule has 0 spiro atoms. The summed E-state index contributed by atoms with van der Waals surface area (Å²) in [4.78, 5) is 12.0. The number of methoxy groups -OCH3 is 1. The number of amides is 1. The van der Waals surface area contributed by atoms with E-state index in [1.807, 2.05) is 0 Å². The van der Waals surface area contributed by atoms with Crippen LogP contribution >= 0.6 is 23.2 Å². The van der Waals surface area contributed by atoms with E-state index in [-0.39, 0.29) is 6.54 Å². The standard InChI is InChI=1S/C15H16Cl2N2O3/c1-19-10(7-12(16)14(19)17)8-18-15(21)13(20)9-4-3-5-11(6-9)22-2/h3-7,13,20H,8H2,1-2H3,(H,18,21). The lowest BCUT2D eigenvalue weighted by atomic mass is 10.1. The largest absolute Gasteiger partial charge is 0.497 e. The summed E-state index contributed by atoms with van der Waals surface area (Å²) >= 11 is 11.9. The second kappa shape index (κ2) is 7.05. The van der Waals surface area contributed by atoms with Crippen LogP contribution in [0.5, 0.6) is 5.75 Å². The molecule has 118 valence electrons. The first kappa shape index (κ1) is 16.7. The maximum atomic E-state index is 12.0. The molecule has 22 heavy (non-hydrogen) atoms. The van der Waals surface area contributed by atoms with Crippen LogP contribution in [0.4, 0.5) is 0 Å². The van der Waals surface area contributed by atoms with Crippen LogP contribution in [0.2, 0.25) is 10.2 Å². The molecule has 0 aliphatic rings. The number of carbonyl (C=O) groups excluding carboxylic acids is 1. The van der Waals surface area contributed by atoms with Crippen LogP contribution in [0, 0.1) is 0 Å². The maximum absolute atomic E-state index is 12.0. The average Bonchev–Trinajstić information content (AvgIpc) is 2.79. The van der Waals surface area contributed by atoms with Gasteiger partial charge >= 0.3 is 0 Å². The molecule has 1 atom stereocenters. The van der Waals surface area contributed by atoms with Crippen molar-refractivity contribution in [3.63, 3.8) is 0 Å². The van der Waals surface area contributed by atoms with Gasteiger partial charge in [0.15, 0.2) is 6.10 Å². The number of halogens is 2. The van der Waals surface area contributed by atoms with Crippen molar-refractivity contribution in [3.8, 4) is 5.75 Å². The molecule has 0 saturated carbocycles. The Morgan fingerprint density at radius 1 is 1.41 bits per heavy atom. The van der Waals surface area contributed by atoms with E-state index in [9.17, 15) is 9.90 Å². The van der Waals surface area contributed by atoms with Gasteiger partial charge in [0.25, 0.3) is 5.91 Å². The second-order valence-electron chi connectivity index (χ2n) is 4.73. The van der Waals surface area contributed by atoms with Crippen molar-refractivity contribution in [3.05, 3.63) is 51.8 Å². The van der Waals surface area contributed by atoms with Gasteiger partial charge in [0.05, 0.1) is 18.7 Å². The molecule has 1 aromatic carbocycles. The van der Waals surface area contributed by atoms with Crippen molar-refractivity contribution in [2.24, 2.45) is 7.05 Å². The lowest BCUT2D eigenvalue weighted by molar-refractivity contribution is -0.129. The molecule has 0 aliphatic carbocycles. The molecule has 1 heterocycles. The van der Waals surface area contributed by atoms with E-state index in [4.69, 9.17) is 27.9 Å². The maximum Gasteiger partial charge on any atom is 0.253 e. The number of benzene rings is 1. The third-order valence-corrected chi connectivity index (χ3v) is 4.16. The fraction of sp³-hybridized carbons (Fsp3) is 0.267. The minimum Gasteiger partial charge on any atom is -0.497 e. The number of rotatable bonds is 5. The Labute approximate surface area is 138 Å². The van der Waals surface area contributed by atoms with Crippen molar-refractivity contribution < 1.29 is 14.6 Å². The summed E-state index contributed by atoms with van der Waals surface area (Å²) in [5, 5.41) is 13.6. The summed E-state index contributed by atoms with van der Waals surface area (Å²) in [5.74, 6) is 0.0621. The van der Waals surface area contributed by atoms with E-state index in [2.05, 4.69) is 5.32 Å². The highest BCUT2D eigenvalue weighted by atomic mass is 35.5. The van der Waals surface area contributed by atoms with Crippen molar-refractivity contribution >= 4 is 29.1 Å². The molecule has 0 fully saturated rings. The third-order valence-electron chi connectivity index (χ3n) is 3.32. The van der Waals surface area contributed by atoms with E-state index in [0.29, 0.717) is 21.5 Å². The van der Waals surface area contributed by atoms with Gasteiger partial charge in [-0.25, -0.2) is 0 Å². The molecule has 0 aliphatic heterocycles. The Morgan fingerprint density at radius 2 is 2.14 bits per heavy atom. The first-order valence-electron chi connectivity index (χ1n) is 6.53. The molecule has 1 aromatic heterocycles. The van der Waals surface area contributed by atoms with E-state index in [1.54, 1.807) is 41.9 Å². The number of carbonyl (C=O) groups is 1. The molecule has 1 unspecified atom stereocenters. The van der Waals surface area contributed by atoms with Crippen LogP contribution in [0.25, 0.3) is 0 Å². The van der Waals surface area contributed by atoms with E-state index >= 15 is 0 Å². The zero-order valence-electron chi connectivity index (χ0n) is 12.1. The lowest BCUT2D eigenvalue weighted by Crippen LogP contribution is -2.29. The highest BCUT2D eigenvalue weighted by Gasteiger charge is 2.18. The van der Waals surface area contributed by atoms with Crippen LogP contribution in [-0.2, 0) is 18.4 Å². The highest BCUT2D eigenvalue weighted by Crippen LogP contribution is 2.25. The lowest BCUT2D eigenvalue weighted by Gasteiger charge is -2.13. The van der Waals surface area contributed by atoms with Gasteiger partial charge in [-0.05, 0) is 23.8 Å². The summed E-state index contributed by atoms with van der Waals surface area (Å²) < 4.78 is 6.74. The molecule has 1 amide bonds. The molecule has 5 nitrogen and oxygen atoms in total. The zero-order chi connectivity index (χ0) is 16.3. The average molecular weight is 343 g/mol. The highest BCUT2D eigenvalue weighted by molar-refractivity contribution is 6.41. The number of nitrogens with one attached hydrogen (secondary N) is 1. The summed E-state index contributed by atoms with van der Waals surface area (Å²) in [5.41, 5.74) is 1.20. The Morgan fingerprint density at radius 3 is 2.73 bits per heavy atom. The van der Waals surface area contributed by atoms with Gasteiger partial charge in [-0.1, -0.05) is 35.3 Å². The summed E-state index contributed by atoms with van der Waals surface area (Å²) in [6.07, 6.45) is -1.28. The quantitative estimate of drug-likeness (QED) is 0.877. The number of hydrogen-bond donors (Lipinski definition) is 2. The minimum absolute atomic E-state index is 0.211. The SMILES string of the molecule is COc1cccc(C(O)C(=O)NCc2cc(Cl)c(Cl)n2C)c1. The fourth-order valence-corrected chi connectivity index (χ4v) is 2.41. The molecule has 0 radical (unpaired) electrons. The van der Waals surface area contributed by atoms with Gasteiger partial charge in [-0.3, -0.25) is 4.79 Å². The van der Waals surface area contributed by atoms with Gasteiger partial charge in [-0.2, -0.15) is 0 Å². The molecule has 2 aromatic rings. The van der Waals surface area contributed by atoms with Crippen LogP contribution in [-0.4, -0.2) is 22.7 Å². The summed E-state index contributed by atoms with van der Waals surface area (Å²) in [6, 6.07) is 8.38. The normalized spacial score (nSPS) is 12.0. The molecule has 2 rings (SSSR count). The number of aliphatic hydroxyl groups excluding tert-OH is 1. The number of aromatic nitrogens is 1. The summed E-state index contributed by atoms with van der Waals surface area (Å²) in [6.45, 7) is 0.211. The van der Waals surface area contributed by atoms with Gasteiger partial charge in [-0.15, -0.1) is 0 Å². The van der Waals surface area contributed by atoms with Gasteiger partial charge in [0, 0.05) is 12.7 Å². The predicted molar refractivity (Wildman–Crippen MR) is 85.2 cm³/mol. The Hall–Kier alpha value is -1.69. The second-order valence-corrected chi connectivity index (χ2v) is 5.50. The number of nitrogens with zero attached hydrogens (tertiary/aromatic N) is 1. The first-order chi connectivity index (χ1) is 10.4. The van der Waals surface area contributed by atoms with Crippen LogP contribution in [0.3, 0.4) is 0 Å². The molecule has 0 bridgehead atoms. The minimum atomic E-state index is -1.28.